The number of hydrogen-bond acceptors (Lipinski definition) is 4. The van der Waals surface area contributed by atoms with Gasteiger partial charge >= 0.3 is 12.0 Å². The van der Waals surface area contributed by atoms with E-state index in [1.165, 1.54) is 25.1 Å². The lowest BCUT2D eigenvalue weighted by atomic mass is 10.2. The molecular weight excluding hydrogens is 295 g/mol. The lowest BCUT2D eigenvalue weighted by molar-refractivity contribution is -0.127. The van der Waals surface area contributed by atoms with Gasteiger partial charge in [0, 0.05) is 10.0 Å². The SMILES string of the molecule is CC(OC(=O)c1cc(Cl)cc(Cl)c1)C(=O)NC(N)=O. The number of ether oxygens (including phenoxy) is 1. The van der Waals surface area contributed by atoms with Crippen molar-refractivity contribution >= 4 is 41.1 Å². The summed E-state index contributed by atoms with van der Waals surface area (Å²) < 4.78 is 4.83. The molecule has 0 saturated carbocycles. The van der Waals surface area contributed by atoms with Crippen LogP contribution in [0.3, 0.4) is 0 Å². The van der Waals surface area contributed by atoms with Gasteiger partial charge in [0.05, 0.1) is 5.56 Å². The monoisotopic (exact) mass is 304 g/mol. The average molecular weight is 305 g/mol. The summed E-state index contributed by atoms with van der Waals surface area (Å²) in [5.41, 5.74) is 4.86. The number of halogens is 2. The number of imide groups is 1. The fraction of sp³-hybridized carbons (Fsp3) is 0.182. The second-order valence-electron chi connectivity index (χ2n) is 3.56. The topological polar surface area (TPSA) is 98.5 Å². The fourth-order valence-corrected chi connectivity index (χ4v) is 1.70. The number of urea groups is 1. The molecule has 102 valence electrons. The van der Waals surface area contributed by atoms with Crippen LogP contribution in [0.2, 0.25) is 10.0 Å². The van der Waals surface area contributed by atoms with Gasteiger partial charge in [0.1, 0.15) is 0 Å². The van der Waals surface area contributed by atoms with Gasteiger partial charge in [-0.2, -0.15) is 0 Å². The highest BCUT2D eigenvalue weighted by atomic mass is 35.5. The van der Waals surface area contributed by atoms with E-state index in [1.807, 2.05) is 0 Å². The Kier molecular flexibility index (Phi) is 5.14. The normalized spacial score (nSPS) is 11.5. The number of primary amides is 1. The van der Waals surface area contributed by atoms with Crippen molar-refractivity contribution in [1.82, 2.24) is 5.32 Å². The zero-order valence-electron chi connectivity index (χ0n) is 9.78. The third kappa shape index (κ3) is 4.76. The van der Waals surface area contributed by atoms with Crippen molar-refractivity contribution < 1.29 is 19.1 Å². The van der Waals surface area contributed by atoms with Crippen LogP contribution in [0.1, 0.15) is 17.3 Å². The number of nitrogens with two attached hydrogens (primary N) is 1. The first kappa shape index (κ1) is 15.3. The molecule has 3 N–H and O–H groups in total. The predicted octanol–water partition coefficient (Wildman–Crippen LogP) is 1.73. The number of esters is 1. The van der Waals surface area contributed by atoms with Crippen LogP contribution in [0.25, 0.3) is 0 Å². The van der Waals surface area contributed by atoms with Crippen LogP contribution in [-0.4, -0.2) is 24.0 Å². The van der Waals surface area contributed by atoms with E-state index in [0.717, 1.165) is 0 Å². The van der Waals surface area contributed by atoms with E-state index in [4.69, 9.17) is 33.7 Å². The summed E-state index contributed by atoms with van der Waals surface area (Å²) in [4.78, 5) is 33.5. The van der Waals surface area contributed by atoms with E-state index < -0.39 is 24.0 Å². The minimum Gasteiger partial charge on any atom is -0.449 e. The van der Waals surface area contributed by atoms with Crippen molar-refractivity contribution in [3.05, 3.63) is 33.8 Å². The Bertz CT molecular complexity index is 513. The smallest absolute Gasteiger partial charge is 0.339 e. The summed E-state index contributed by atoms with van der Waals surface area (Å²) in [7, 11) is 0. The number of benzene rings is 1. The second-order valence-corrected chi connectivity index (χ2v) is 4.43. The maximum Gasteiger partial charge on any atom is 0.339 e. The van der Waals surface area contributed by atoms with Gasteiger partial charge in [-0.15, -0.1) is 0 Å². The number of amides is 3. The molecule has 0 fully saturated rings. The van der Waals surface area contributed by atoms with Crippen molar-refractivity contribution in [1.29, 1.82) is 0 Å². The Balaban J connectivity index is 2.74. The molecule has 1 aromatic rings. The van der Waals surface area contributed by atoms with Crippen molar-refractivity contribution in [3.8, 4) is 0 Å². The highest BCUT2D eigenvalue weighted by Gasteiger charge is 2.20. The molecule has 0 saturated heterocycles. The Hall–Kier alpha value is -1.79. The van der Waals surface area contributed by atoms with Crippen molar-refractivity contribution in [2.75, 3.05) is 0 Å². The summed E-state index contributed by atoms with van der Waals surface area (Å²) in [6, 6.07) is 3.10. The van der Waals surface area contributed by atoms with Crippen molar-refractivity contribution in [2.24, 2.45) is 5.73 Å². The van der Waals surface area contributed by atoms with Gasteiger partial charge in [0.2, 0.25) is 0 Å². The molecule has 19 heavy (non-hydrogen) atoms. The lowest BCUT2D eigenvalue weighted by Crippen LogP contribution is -2.42. The van der Waals surface area contributed by atoms with E-state index in [-0.39, 0.29) is 15.6 Å². The van der Waals surface area contributed by atoms with Crippen LogP contribution in [0.15, 0.2) is 18.2 Å². The van der Waals surface area contributed by atoms with Gasteiger partial charge in [-0.05, 0) is 25.1 Å². The highest BCUT2D eigenvalue weighted by molar-refractivity contribution is 6.35. The molecule has 0 heterocycles. The minimum absolute atomic E-state index is 0.0937. The number of hydrogen-bond donors (Lipinski definition) is 2. The first-order valence-electron chi connectivity index (χ1n) is 5.07. The molecule has 8 heteroatoms. The molecule has 1 rings (SSSR count). The molecule has 0 aliphatic heterocycles. The number of carbonyl (C=O) groups is 3. The maximum atomic E-state index is 11.7. The van der Waals surface area contributed by atoms with Crippen LogP contribution in [0.4, 0.5) is 4.79 Å². The molecule has 0 spiro atoms. The largest absolute Gasteiger partial charge is 0.449 e. The predicted molar refractivity (Wildman–Crippen MR) is 69.1 cm³/mol. The van der Waals surface area contributed by atoms with Gasteiger partial charge in [-0.1, -0.05) is 23.2 Å². The molecule has 0 radical (unpaired) electrons. The molecule has 0 aliphatic rings. The molecule has 1 unspecified atom stereocenters. The molecule has 1 atom stereocenters. The van der Waals surface area contributed by atoms with E-state index in [1.54, 1.807) is 5.32 Å². The van der Waals surface area contributed by atoms with Gasteiger partial charge in [-0.25, -0.2) is 9.59 Å². The Morgan fingerprint density at radius 2 is 1.74 bits per heavy atom. The quantitative estimate of drug-likeness (QED) is 0.831. The number of rotatable bonds is 3. The van der Waals surface area contributed by atoms with Crippen LogP contribution in [-0.2, 0) is 9.53 Å². The minimum atomic E-state index is -1.18. The van der Waals surface area contributed by atoms with Gasteiger partial charge in [0.25, 0.3) is 5.91 Å². The zero-order chi connectivity index (χ0) is 14.6. The van der Waals surface area contributed by atoms with Crippen LogP contribution in [0, 0.1) is 0 Å². The van der Waals surface area contributed by atoms with Crippen LogP contribution >= 0.6 is 23.2 Å². The second kappa shape index (κ2) is 6.40. The molecule has 3 amide bonds. The van der Waals surface area contributed by atoms with Gasteiger partial charge in [0.15, 0.2) is 6.10 Å². The van der Waals surface area contributed by atoms with E-state index >= 15 is 0 Å². The van der Waals surface area contributed by atoms with Crippen LogP contribution < -0.4 is 11.1 Å². The maximum absolute atomic E-state index is 11.7. The number of nitrogens with one attached hydrogen (secondary N) is 1. The summed E-state index contributed by atoms with van der Waals surface area (Å²) in [6.45, 7) is 1.29. The first-order chi connectivity index (χ1) is 8.79. The summed E-state index contributed by atoms with van der Waals surface area (Å²) in [6.07, 6.45) is -1.18. The van der Waals surface area contributed by atoms with Crippen LogP contribution in [0.5, 0.6) is 0 Å². The Labute approximate surface area is 118 Å². The van der Waals surface area contributed by atoms with E-state index in [9.17, 15) is 14.4 Å². The fourth-order valence-electron chi connectivity index (χ4n) is 1.18. The third-order valence-electron chi connectivity index (χ3n) is 2.00. The summed E-state index contributed by atoms with van der Waals surface area (Å²) in [5.74, 6) is -1.62. The summed E-state index contributed by atoms with van der Waals surface area (Å²) >= 11 is 11.5. The van der Waals surface area contributed by atoms with Crippen molar-refractivity contribution in [2.45, 2.75) is 13.0 Å². The summed E-state index contributed by atoms with van der Waals surface area (Å²) in [5, 5.41) is 2.31. The average Bonchev–Trinajstić information content (AvgIpc) is 2.26. The molecule has 0 bridgehead atoms. The standard InChI is InChI=1S/C11H10Cl2N2O4/c1-5(9(16)15-11(14)18)19-10(17)6-2-7(12)4-8(13)3-6/h2-5H,1H3,(H3,14,15,16,18). The lowest BCUT2D eigenvalue weighted by Gasteiger charge is -2.12. The zero-order valence-corrected chi connectivity index (χ0v) is 11.3. The first-order valence-corrected chi connectivity index (χ1v) is 5.82. The highest BCUT2D eigenvalue weighted by Crippen LogP contribution is 2.19. The molecule has 0 aromatic heterocycles. The number of carbonyl (C=O) groups excluding carboxylic acids is 3. The molecular formula is C11H10Cl2N2O4. The van der Waals surface area contributed by atoms with E-state index in [2.05, 4.69) is 0 Å². The van der Waals surface area contributed by atoms with Gasteiger partial charge < -0.3 is 10.5 Å². The Morgan fingerprint density at radius 1 is 1.21 bits per heavy atom. The third-order valence-corrected chi connectivity index (χ3v) is 2.43. The molecule has 6 nitrogen and oxygen atoms in total. The van der Waals surface area contributed by atoms with E-state index in [0.29, 0.717) is 0 Å². The Morgan fingerprint density at radius 3 is 2.21 bits per heavy atom. The van der Waals surface area contributed by atoms with Crippen molar-refractivity contribution in [3.63, 3.8) is 0 Å². The molecule has 1 aromatic carbocycles. The van der Waals surface area contributed by atoms with Gasteiger partial charge in [-0.3, -0.25) is 10.1 Å². The molecule has 0 aliphatic carbocycles.